The number of methoxy groups -OCH3 is 1. The molecule has 1 amide bonds. The van der Waals surface area contributed by atoms with Crippen molar-refractivity contribution in [2.75, 3.05) is 19.0 Å². The lowest BCUT2D eigenvalue weighted by Gasteiger charge is -2.27. The van der Waals surface area contributed by atoms with Crippen molar-refractivity contribution in [2.24, 2.45) is 5.92 Å². The Hall–Kier alpha value is -1.07. The first-order valence-electron chi connectivity index (χ1n) is 6.48. The van der Waals surface area contributed by atoms with Crippen LogP contribution in [-0.4, -0.2) is 25.6 Å². The van der Waals surface area contributed by atoms with Gasteiger partial charge in [-0.3, -0.25) is 4.79 Å². The number of ether oxygens (including phenoxy) is 1. The van der Waals surface area contributed by atoms with E-state index in [9.17, 15) is 4.79 Å². The number of anilines is 1. The SMILES string of the molecule is COc1cc(NC(=O)C2CCNC(C)C2)ccc1Br. The molecule has 1 heterocycles. The predicted molar refractivity (Wildman–Crippen MR) is 79.5 cm³/mol. The first-order chi connectivity index (χ1) is 9.10. The summed E-state index contributed by atoms with van der Waals surface area (Å²) in [5.74, 6) is 0.903. The molecule has 0 radical (unpaired) electrons. The summed E-state index contributed by atoms with van der Waals surface area (Å²) in [4.78, 5) is 12.2. The number of hydrogen-bond acceptors (Lipinski definition) is 3. The highest BCUT2D eigenvalue weighted by Crippen LogP contribution is 2.28. The number of piperidine rings is 1. The maximum Gasteiger partial charge on any atom is 0.227 e. The molecule has 2 unspecified atom stereocenters. The highest BCUT2D eigenvalue weighted by molar-refractivity contribution is 9.10. The van der Waals surface area contributed by atoms with Crippen LogP contribution in [0.3, 0.4) is 0 Å². The summed E-state index contributed by atoms with van der Waals surface area (Å²) in [5, 5.41) is 6.32. The Labute approximate surface area is 122 Å². The minimum atomic E-state index is 0.0888. The van der Waals surface area contributed by atoms with Crippen LogP contribution in [0.1, 0.15) is 19.8 Å². The maximum atomic E-state index is 12.2. The second-order valence-electron chi connectivity index (χ2n) is 4.92. The van der Waals surface area contributed by atoms with Crippen molar-refractivity contribution in [3.63, 3.8) is 0 Å². The van der Waals surface area contributed by atoms with Gasteiger partial charge in [-0.2, -0.15) is 0 Å². The quantitative estimate of drug-likeness (QED) is 0.898. The molecule has 2 N–H and O–H groups in total. The van der Waals surface area contributed by atoms with Crippen molar-refractivity contribution < 1.29 is 9.53 Å². The van der Waals surface area contributed by atoms with Crippen LogP contribution >= 0.6 is 15.9 Å². The third-order valence-corrected chi connectivity index (χ3v) is 4.07. The molecular weight excluding hydrogens is 308 g/mol. The van der Waals surface area contributed by atoms with Gasteiger partial charge in [-0.1, -0.05) is 0 Å². The molecule has 1 aromatic rings. The average Bonchev–Trinajstić information content (AvgIpc) is 2.41. The van der Waals surface area contributed by atoms with Crippen molar-refractivity contribution in [1.29, 1.82) is 0 Å². The lowest BCUT2D eigenvalue weighted by Crippen LogP contribution is -2.40. The van der Waals surface area contributed by atoms with Crippen LogP contribution in [0.4, 0.5) is 5.69 Å². The molecule has 1 saturated heterocycles. The van der Waals surface area contributed by atoms with Crippen LogP contribution in [0.15, 0.2) is 22.7 Å². The monoisotopic (exact) mass is 326 g/mol. The molecule has 2 rings (SSSR count). The van der Waals surface area contributed by atoms with Crippen LogP contribution in [-0.2, 0) is 4.79 Å². The molecule has 4 nitrogen and oxygen atoms in total. The highest BCUT2D eigenvalue weighted by atomic mass is 79.9. The lowest BCUT2D eigenvalue weighted by molar-refractivity contribution is -0.120. The number of benzene rings is 1. The zero-order chi connectivity index (χ0) is 13.8. The maximum absolute atomic E-state index is 12.2. The minimum Gasteiger partial charge on any atom is -0.495 e. The number of rotatable bonds is 3. The van der Waals surface area contributed by atoms with Gasteiger partial charge in [0.25, 0.3) is 0 Å². The van der Waals surface area contributed by atoms with Crippen LogP contribution in [0.25, 0.3) is 0 Å². The molecule has 19 heavy (non-hydrogen) atoms. The highest BCUT2D eigenvalue weighted by Gasteiger charge is 2.24. The van der Waals surface area contributed by atoms with Crippen LogP contribution in [0.2, 0.25) is 0 Å². The van der Waals surface area contributed by atoms with E-state index in [0.717, 1.165) is 35.3 Å². The van der Waals surface area contributed by atoms with Gasteiger partial charge in [-0.25, -0.2) is 0 Å². The van der Waals surface area contributed by atoms with E-state index in [1.165, 1.54) is 0 Å². The molecular formula is C14H19BrN2O2. The van der Waals surface area contributed by atoms with Gasteiger partial charge < -0.3 is 15.4 Å². The molecule has 0 bridgehead atoms. The van der Waals surface area contributed by atoms with Gasteiger partial charge in [0.05, 0.1) is 11.6 Å². The fourth-order valence-electron chi connectivity index (χ4n) is 2.35. The topological polar surface area (TPSA) is 50.4 Å². The molecule has 1 fully saturated rings. The van der Waals surface area contributed by atoms with Crippen LogP contribution in [0, 0.1) is 5.92 Å². The number of halogens is 1. The van der Waals surface area contributed by atoms with Gasteiger partial charge in [0.1, 0.15) is 5.75 Å². The van der Waals surface area contributed by atoms with Crippen molar-refractivity contribution >= 4 is 27.5 Å². The Balaban J connectivity index is 2.02. The Kier molecular flexibility index (Phi) is 4.82. The molecule has 0 saturated carbocycles. The average molecular weight is 327 g/mol. The number of hydrogen-bond donors (Lipinski definition) is 2. The number of carbonyl (C=O) groups is 1. The first-order valence-corrected chi connectivity index (χ1v) is 7.27. The Morgan fingerprint density at radius 2 is 2.32 bits per heavy atom. The molecule has 1 aromatic carbocycles. The molecule has 5 heteroatoms. The summed E-state index contributed by atoms with van der Waals surface area (Å²) in [6.07, 6.45) is 1.78. The summed E-state index contributed by atoms with van der Waals surface area (Å²) in [6.45, 7) is 3.02. The van der Waals surface area contributed by atoms with E-state index in [4.69, 9.17) is 4.74 Å². The Morgan fingerprint density at radius 3 is 3.00 bits per heavy atom. The second kappa shape index (κ2) is 6.39. The number of amides is 1. The fourth-order valence-corrected chi connectivity index (χ4v) is 2.76. The smallest absolute Gasteiger partial charge is 0.227 e. The zero-order valence-electron chi connectivity index (χ0n) is 11.2. The zero-order valence-corrected chi connectivity index (χ0v) is 12.8. The number of nitrogens with one attached hydrogen (secondary N) is 2. The summed E-state index contributed by atoms with van der Waals surface area (Å²) < 4.78 is 6.10. The summed E-state index contributed by atoms with van der Waals surface area (Å²) >= 11 is 3.40. The molecule has 1 aliphatic rings. The van der Waals surface area contributed by atoms with E-state index in [1.807, 2.05) is 18.2 Å². The van der Waals surface area contributed by atoms with Crippen molar-refractivity contribution in [3.05, 3.63) is 22.7 Å². The van der Waals surface area contributed by atoms with Gasteiger partial charge in [0, 0.05) is 23.7 Å². The van der Waals surface area contributed by atoms with E-state index in [2.05, 4.69) is 33.5 Å². The van der Waals surface area contributed by atoms with Gasteiger partial charge in [-0.15, -0.1) is 0 Å². The fraction of sp³-hybridized carbons (Fsp3) is 0.500. The summed E-state index contributed by atoms with van der Waals surface area (Å²) in [7, 11) is 1.61. The second-order valence-corrected chi connectivity index (χ2v) is 5.77. The Bertz CT molecular complexity index is 465. The Morgan fingerprint density at radius 1 is 1.53 bits per heavy atom. The van der Waals surface area contributed by atoms with Crippen LogP contribution in [0.5, 0.6) is 5.75 Å². The third kappa shape index (κ3) is 3.70. The summed E-state index contributed by atoms with van der Waals surface area (Å²) in [5.41, 5.74) is 0.774. The normalized spacial score (nSPS) is 22.9. The first kappa shape index (κ1) is 14.3. The largest absolute Gasteiger partial charge is 0.495 e. The molecule has 0 aromatic heterocycles. The van der Waals surface area contributed by atoms with E-state index < -0.39 is 0 Å². The van der Waals surface area contributed by atoms with Gasteiger partial charge in [0.2, 0.25) is 5.91 Å². The van der Waals surface area contributed by atoms with Crippen LogP contribution < -0.4 is 15.4 Å². The van der Waals surface area contributed by atoms with E-state index in [1.54, 1.807) is 7.11 Å². The summed E-state index contributed by atoms with van der Waals surface area (Å²) in [6, 6.07) is 5.98. The molecule has 0 aliphatic carbocycles. The predicted octanol–water partition coefficient (Wildman–Crippen LogP) is 2.78. The van der Waals surface area contributed by atoms with Gasteiger partial charge in [-0.05, 0) is 54.4 Å². The lowest BCUT2D eigenvalue weighted by atomic mass is 9.92. The molecule has 1 aliphatic heterocycles. The number of carbonyl (C=O) groups excluding carboxylic acids is 1. The van der Waals surface area contributed by atoms with Crippen molar-refractivity contribution in [2.45, 2.75) is 25.8 Å². The molecule has 104 valence electrons. The standard InChI is InChI=1S/C14H19BrN2O2/c1-9-7-10(5-6-16-9)14(18)17-11-3-4-12(15)13(8-11)19-2/h3-4,8-10,16H,5-7H2,1-2H3,(H,17,18). The van der Waals surface area contributed by atoms with E-state index in [-0.39, 0.29) is 11.8 Å². The van der Waals surface area contributed by atoms with Crippen molar-refractivity contribution in [1.82, 2.24) is 5.32 Å². The minimum absolute atomic E-state index is 0.0888. The van der Waals surface area contributed by atoms with Crippen molar-refractivity contribution in [3.8, 4) is 5.75 Å². The van der Waals surface area contributed by atoms with Gasteiger partial charge >= 0.3 is 0 Å². The molecule has 2 atom stereocenters. The molecule has 0 spiro atoms. The van der Waals surface area contributed by atoms with Gasteiger partial charge in [0.15, 0.2) is 0 Å². The van der Waals surface area contributed by atoms with E-state index >= 15 is 0 Å². The van der Waals surface area contributed by atoms with E-state index in [0.29, 0.717) is 6.04 Å². The third-order valence-electron chi connectivity index (χ3n) is 3.41.